The summed E-state index contributed by atoms with van der Waals surface area (Å²) < 4.78 is 14.1. The predicted molar refractivity (Wildman–Crippen MR) is 111 cm³/mol. The molecule has 4 rings (SSSR count). The van der Waals surface area contributed by atoms with E-state index in [1.165, 1.54) is 24.5 Å². The number of carbonyl (C=O) groups is 1. The third-order valence-electron chi connectivity index (χ3n) is 6.27. The normalized spacial score (nSPS) is 23.5. The van der Waals surface area contributed by atoms with Crippen LogP contribution in [-0.2, 0) is 11.2 Å². The molecule has 2 N–H and O–H groups in total. The predicted octanol–water partition coefficient (Wildman–Crippen LogP) is 4.31. The molecule has 3 atom stereocenters. The highest BCUT2D eigenvalue weighted by molar-refractivity contribution is 5.98. The summed E-state index contributed by atoms with van der Waals surface area (Å²) in [5, 5.41) is 6.22. The minimum atomic E-state index is -0.446. The summed E-state index contributed by atoms with van der Waals surface area (Å²) in [5.74, 6) is 0.168. The van der Waals surface area contributed by atoms with Crippen LogP contribution in [0.15, 0.2) is 36.4 Å². The van der Waals surface area contributed by atoms with E-state index in [2.05, 4.69) is 41.8 Å². The zero-order chi connectivity index (χ0) is 19.8. The number of carbonyl (C=O) groups excluding carboxylic acids is 1. The Bertz CT molecular complexity index is 864. The van der Waals surface area contributed by atoms with Crippen LogP contribution in [-0.4, -0.2) is 37.0 Å². The molecule has 1 fully saturated rings. The summed E-state index contributed by atoms with van der Waals surface area (Å²) >= 11 is 0. The molecular formula is C23H28FN3O. The van der Waals surface area contributed by atoms with E-state index >= 15 is 0 Å². The first-order valence-electron chi connectivity index (χ1n) is 10.0. The number of anilines is 2. The lowest BCUT2D eigenvalue weighted by molar-refractivity contribution is -0.116. The summed E-state index contributed by atoms with van der Waals surface area (Å²) in [6.45, 7) is 1.93. The van der Waals surface area contributed by atoms with Gasteiger partial charge in [-0.05, 0) is 75.5 Å². The van der Waals surface area contributed by atoms with E-state index in [9.17, 15) is 9.18 Å². The van der Waals surface area contributed by atoms with E-state index in [1.54, 1.807) is 6.07 Å². The fourth-order valence-corrected chi connectivity index (χ4v) is 4.56. The Kier molecular flexibility index (Phi) is 5.11. The molecule has 1 amide bonds. The fraction of sp³-hybridized carbons (Fsp3) is 0.435. The molecule has 28 heavy (non-hydrogen) atoms. The van der Waals surface area contributed by atoms with Crippen molar-refractivity contribution < 1.29 is 9.18 Å². The second kappa shape index (κ2) is 7.55. The molecule has 148 valence electrons. The summed E-state index contributed by atoms with van der Waals surface area (Å²) in [6.07, 6.45) is 3.92. The smallest absolute Gasteiger partial charge is 0.247 e. The van der Waals surface area contributed by atoms with Crippen LogP contribution in [0.25, 0.3) is 0 Å². The van der Waals surface area contributed by atoms with Crippen LogP contribution in [0.4, 0.5) is 15.8 Å². The summed E-state index contributed by atoms with van der Waals surface area (Å²) in [4.78, 5) is 15.1. The van der Waals surface area contributed by atoms with Crippen LogP contribution in [0.1, 0.15) is 41.9 Å². The maximum atomic E-state index is 14.1. The van der Waals surface area contributed by atoms with Gasteiger partial charge in [0.05, 0.1) is 0 Å². The summed E-state index contributed by atoms with van der Waals surface area (Å²) in [7, 11) is 4.28. The molecular weight excluding hydrogens is 353 g/mol. The minimum absolute atomic E-state index is 0.121. The monoisotopic (exact) mass is 381 g/mol. The van der Waals surface area contributed by atoms with Gasteiger partial charge >= 0.3 is 0 Å². The van der Waals surface area contributed by atoms with Crippen molar-refractivity contribution in [1.82, 2.24) is 4.90 Å². The van der Waals surface area contributed by atoms with E-state index in [0.29, 0.717) is 23.9 Å². The first-order chi connectivity index (χ1) is 13.4. The highest BCUT2D eigenvalue weighted by Gasteiger charge is 2.30. The standard InChI is InChI=1S/C23H28FN3O/c1-14-7-10-20(24)19-13-21(26-22(14)19)23(28)25-17-6-4-5-15(11-17)16-8-9-18(12-16)27(2)3/h4-7,10-11,16,18,21,26H,8-9,12-13H2,1-3H3,(H,25,28)/t16-,18-,21?/m0/s1. The van der Waals surface area contributed by atoms with Gasteiger partial charge in [0.15, 0.2) is 0 Å². The van der Waals surface area contributed by atoms with Gasteiger partial charge in [0.2, 0.25) is 5.91 Å². The van der Waals surface area contributed by atoms with Crippen molar-refractivity contribution in [3.8, 4) is 0 Å². The van der Waals surface area contributed by atoms with E-state index in [-0.39, 0.29) is 11.7 Å². The van der Waals surface area contributed by atoms with Crippen molar-refractivity contribution in [2.45, 2.75) is 50.6 Å². The Hall–Kier alpha value is -2.40. The second-order valence-corrected chi connectivity index (χ2v) is 8.36. The molecule has 2 aromatic carbocycles. The molecule has 2 aliphatic rings. The van der Waals surface area contributed by atoms with Crippen LogP contribution >= 0.6 is 0 Å². The number of hydrogen-bond donors (Lipinski definition) is 2. The third kappa shape index (κ3) is 3.63. The van der Waals surface area contributed by atoms with E-state index in [0.717, 1.165) is 23.4 Å². The maximum absolute atomic E-state index is 14.1. The number of halogens is 1. The van der Waals surface area contributed by atoms with E-state index in [1.807, 2.05) is 19.1 Å². The molecule has 2 aromatic rings. The molecule has 0 spiro atoms. The Morgan fingerprint density at radius 2 is 2.04 bits per heavy atom. The van der Waals surface area contributed by atoms with Crippen LogP contribution in [0, 0.1) is 12.7 Å². The van der Waals surface area contributed by atoms with Crippen LogP contribution in [0.5, 0.6) is 0 Å². The molecule has 1 heterocycles. The fourth-order valence-electron chi connectivity index (χ4n) is 4.56. The van der Waals surface area contributed by atoms with Gasteiger partial charge in [-0.1, -0.05) is 18.2 Å². The number of nitrogens with zero attached hydrogens (tertiary/aromatic N) is 1. The largest absolute Gasteiger partial charge is 0.373 e. The molecule has 5 heteroatoms. The highest BCUT2D eigenvalue weighted by atomic mass is 19.1. The quantitative estimate of drug-likeness (QED) is 0.830. The van der Waals surface area contributed by atoms with Crippen LogP contribution < -0.4 is 10.6 Å². The molecule has 4 nitrogen and oxygen atoms in total. The average molecular weight is 381 g/mol. The van der Waals surface area contributed by atoms with Gasteiger partial charge in [-0.2, -0.15) is 0 Å². The first-order valence-corrected chi connectivity index (χ1v) is 10.0. The number of rotatable bonds is 4. The third-order valence-corrected chi connectivity index (χ3v) is 6.27. The van der Waals surface area contributed by atoms with Crippen molar-refractivity contribution in [2.75, 3.05) is 24.7 Å². The Morgan fingerprint density at radius 1 is 1.21 bits per heavy atom. The highest BCUT2D eigenvalue weighted by Crippen LogP contribution is 2.37. The topological polar surface area (TPSA) is 44.4 Å². The molecule has 0 saturated heterocycles. The second-order valence-electron chi connectivity index (χ2n) is 8.36. The van der Waals surface area contributed by atoms with Gasteiger partial charge in [-0.25, -0.2) is 4.39 Å². The SMILES string of the molecule is Cc1ccc(F)c2c1NC(C(=O)Nc1cccc([C@H]3CC[C@H](N(C)C)C3)c1)C2. The van der Waals surface area contributed by atoms with Gasteiger partial charge in [-0.15, -0.1) is 0 Å². The lowest BCUT2D eigenvalue weighted by Gasteiger charge is -2.19. The number of benzene rings is 2. The Balaban J connectivity index is 1.43. The Morgan fingerprint density at radius 3 is 2.75 bits per heavy atom. The molecule has 1 aliphatic carbocycles. The van der Waals surface area contributed by atoms with Gasteiger partial charge in [0.25, 0.3) is 0 Å². The number of aryl methyl sites for hydroxylation is 1. The number of nitrogens with one attached hydrogen (secondary N) is 2. The molecule has 0 bridgehead atoms. The molecule has 0 aromatic heterocycles. The number of amides is 1. The zero-order valence-electron chi connectivity index (χ0n) is 16.8. The first kappa shape index (κ1) is 18.9. The lowest BCUT2D eigenvalue weighted by Crippen LogP contribution is -2.32. The van der Waals surface area contributed by atoms with Crippen molar-refractivity contribution in [1.29, 1.82) is 0 Å². The van der Waals surface area contributed by atoms with Crippen molar-refractivity contribution >= 4 is 17.3 Å². The van der Waals surface area contributed by atoms with Crippen LogP contribution in [0.3, 0.4) is 0 Å². The van der Waals surface area contributed by atoms with Crippen LogP contribution in [0.2, 0.25) is 0 Å². The molecule has 1 aliphatic heterocycles. The Labute approximate surface area is 166 Å². The van der Waals surface area contributed by atoms with E-state index in [4.69, 9.17) is 0 Å². The molecule has 1 saturated carbocycles. The van der Waals surface area contributed by atoms with Gasteiger partial charge in [0, 0.05) is 29.4 Å². The number of hydrogen-bond acceptors (Lipinski definition) is 3. The maximum Gasteiger partial charge on any atom is 0.247 e. The van der Waals surface area contributed by atoms with Gasteiger partial charge in [-0.3, -0.25) is 4.79 Å². The summed E-state index contributed by atoms with van der Waals surface area (Å²) in [5.41, 5.74) is 4.42. The van der Waals surface area contributed by atoms with Crippen molar-refractivity contribution in [3.05, 3.63) is 58.9 Å². The zero-order valence-corrected chi connectivity index (χ0v) is 16.8. The average Bonchev–Trinajstić information content (AvgIpc) is 3.33. The summed E-state index contributed by atoms with van der Waals surface area (Å²) in [6, 6.07) is 11.6. The minimum Gasteiger partial charge on any atom is -0.373 e. The van der Waals surface area contributed by atoms with Gasteiger partial charge < -0.3 is 15.5 Å². The molecule has 1 unspecified atom stereocenters. The van der Waals surface area contributed by atoms with Crippen molar-refractivity contribution in [2.24, 2.45) is 0 Å². The lowest BCUT2D eigenvalue weighted by atomic mass is 9.97. The van der Waals surface area contributed by atoms with Gasteiger partial charge in [0.1, 0.15) is 11.9 Å². The number of fused-ring (bicyclic) bond motifs is 1. The van der Waals surface area contributed by atoms with Crippen molar-refractivity contribution in [3.63, 3.8) is 0 Å². The van der Waals surface area contributed by atoms with E-state index < -0.39 is 6.04 Å². The molecule has 0 radical (unpaired) electrons.